The first-order chi connectivity index (χ1) is 15.3. The van der Waals surface area contributed by atoms with Gasteiger partial charge in [0.25, 0.3) is 12.9 Å². The Labute approximate surface area is 190 Å². The molecule has 0 spiro atoms. The van der Waals surface area contributed by atoms with Crippen molar-refractivity contribution >= 4 is 18.9 Å². The molecule has 3 aliphatic rings. The molecular weight excluding hydrogens is 410 g/mol. The van der Waals surface area contributed by atoms with Crippen LogP contribution in [0, 0.1) is 11.8 Å². The molecule has 1 aromatic carbocycles. The number of benzene rings is 1. The van der Waals surface area contributed by atoms with E-state index in [0.717, 1.165) is 37.4 Å². The van der Waals surface area contributed by atoms with Crippen LogP contribution in [0.4, 0.5) is 0 Å². The highest BCUT2D eigenvalue weighted by Crippen LogP contribution is 2.46. The summed E-state index contributed by atoms with van der Waals surface area (Å²) in [6.07, 6.45) is 6.12. The second kappa shape index (κ2) is 12.6. The van der Waals surface area contributed by atoms with E-state index < -0.39 is 0 Å². The molecule has 2 unspecified atom stereocenters. The number of carbonyl (C=O) groups excluding carboxylic acids is 1. The lowest BCUT2D eigenvalue weighted by Gasteiger charge is -2.32. The summed E-state index contributed by atoms with van der Waals surface area (Å²) in [5, 5.41) is 13.8. The molecule has 2 saturated carbocycles. The maximum atomic E-state index is 12.9. The Morgan fingerprint density at radius 1 is 0.969 bits per heavy atom. The fourth-order valence-electron chi connectivity index (χ4n) is 5.49. The normalized spacial score (nSPS) is 26.0. The molecule has 0 aromatic heterocycles. The number of rotatable bonds is 4. The summed E-state index contributed by atoms with van der Waals surface area (Å²) in [6.45, 7) is 1.98. The van der Waals surface area contributed by atoms with Crippen LogP contribution in [-0.4, -0.2) is 90.1 Å². The summed E-state index contributed by atoms with van der Waals surface area (Å²) < 4.78 is 0. The minimum atomic E-state index is -0.250. The summed E-state index contributed by atoms with van der Waals surface area (Å²) in [5.74, 6) is 1.95. The fraction of sp³-hybridized carbons (Fsp3) is 0.625. The molecule has 4 atom stereocenters. The molecule has 2 fully saturated rings. The van der Waals surface area contributed by atoms with Gasteiger partial charge in [-0.25, -0.2) is 0 Å². The van der Waals surface area contributed by atoms with Crippen molar-refractivity contribution < 1.29 is 24.6 Å². The highest BCUT2D eigenvalue weighted by atomic mass is 16.3. The van der Waals surface area contributed by atoms with Crippen molar-refractivity contribution in [3.8, 4) is 0 Å². The van der Waals surface area contributed by atoms with Crippen LogP contribution >= 0.6 is 0 Å². The van der Waals surface area contributed by atoms with Gasteiger partial charge in [0.05, 0.1) is 6.54 Å². The SMILES string of the molecule is CN(C)C1C[C@@H]2CC(N(C)C(=O)CN3CCc4ccccc4C3)C[C@@H]2C1.O=CO.O=CO. The van der Waals surface area contributed by atoms with E-state index in [1.165, 1.54) is 36.8 Å². The van der Waals surface area contributed by atoms with E-state index in [9.17, 15) is 4.79 Å². The second-order valence-electron chi connectivity index (χ2n) is 9.18. The monoisotopic (exact) mass is 447 g/mol. The molecule has 0 saturated heterocycles. The molecule has 0 radical (unpaired) electrons. The van der Waals surface area contributed by atoms with E-state index in [4.69, 9.17) is 19.8 Å². The molecule has 1 aliphatic heterocycles. The predicted octanol–water partition coefficient (Wildman–Crippen LogP) is 2.02. The van der Waals surface area contributed by atoms with Crippen molar-refractivity contribution in [2.75, 3.05) is 34.2 Å². The van der Waals surface area contributed by atoms with Gasteiger partial charge >= 0.3 is 0 Å². The van der Waals surface area contributed by atoms with Gasteiger partial charge in [0.2, 0.25) is 5.91 Å². The van der Waals surface area contributed by atoms with E-state index >= 15 is 0 Å². The molecule has 8 nitrogen and oxygen atoms in total. The van der Waals surface area contributed by atoms with Crippen LogP contribution in [0.25, 0.3) is 0 Å². The number of likely N-dealkylation sites (N-methyl/N-ethyl adjacent to an activating group) is 1. The molecule has 32 heavy (non-hydrogen) atoms. The Balaban J connectivity index is 0.000000547. The Morgan fingerprint density at radius 3 is 2.00 bits per heavy atom. The van der Waals surface area contributed by atoms with Crippen LogP contribution in [0.5, 0.6) is 0 Å². The minimum Gasteiger partial charge on any atom is -0.483 e. The molecule has 178 valence electrons. The average Bonchev–Trinajstić information content (AvgIpc) is 3.34. The van der Waals surface area contributed by atoms with Gasteiger partial charge in [-0.2, -0.15) is 0 Å². The summed E-state index contributed by atoms with van der Waals surface area (Å²) in [4.78, 5) is 36.4. The number of hydrogen-bond acceptors (Lipinski definition) is 5. The molecule has 1 heterocycles. The lowest BCUT2D eigenvalue weighted by Crippen LogP contribution is -2.44. The maximum Gasteiger partial charge on any atom is 0.290 e. The van der Waals surface area contributed by atoms with E-state index in [-0.39, 0.29) is 12.9 Å². The molecular formula is C24H37N3O5. The van der Waals surface area contributed by atoms with Gasteiger partial charge in [0.1, 0.15) is 0 Å². The second-order valence-corrected chi connectivity index (χ2v) is 9.18. The third kappa shape index (κ3) is 6.77. The summed E-state index contributed by atoms with van der Waals surface area (Å²) in [6, 6.07) is 9.85. The van der Waals surface area contributed by atoms with Gasteiger partial charge < -0.3 is 20.0 Å². The number of hydrogen-bond donors (Lipinski definition) is 2. The first-order valence-corrected chi connectivity index (χ1v) is 11.2. The topological polar surface area (TPSA) is 101 Å². The minimum absolute atomic E-state index is 0.250. The first kappa shape index (κ1) is 25.8. The lowest BCUT2D eigenvalue weighted by molar-refractivity contribution is -0.133. The van der Waals surface area contributed by atoms with E-state index in [1.807, 2.05) is 7.05 Å². The summed E-state index contributed by atoms with van der Waals surface area (Å²) in [5.41, 5.74) is 2.84. The van der Waals surface area contributed by atoms with Crippen molar-refractivity contribution in [2.24, 2.45) is 11.8 Å². The highest BCUT2D eigenvalue weighted by Gasteiger charge is 2.44. The maximum absolute atomic E-state index is 12.9. The van der Waals surface area contributed by atoms with Crippen LogP contribution in [0.1, 0.15) is 36.8 Å². The van der Waals surface area contributed by atoms with Crippen molar-refractivity contribution in [1.82, 2.24) is 14.7 Å². The number of carboxylic acid groups (broad SMARTS) is 2. The largest absolute Gasteiger partial charge is 0.483 e. The van der Waals surface area contributed by atoms with Crippen molar-refractivity contribution in [1.29, 1.82) is 0 Å². The molecule has 2 aliphatic carbocycles. The lowest BCUT2D eigenvalue weighted by atomic mass is 10.00. The number of nitrogens with zero attached hydrogens (tertiary/aromatic N) is 3. The van der Waals surface area contributed by atoms with Crippen LogP contribution in [-0.2, 0) is 27.3 Å². The van der Waals surface area contributed by atoms with Crippen LogP contribution in [0.2, 0.25) is 0 Å². The molecule has 8 heteroatoms. The number of fused-ring (bicyclic) bond motifs is 2. The van der Waals surface area contributed by atoms with E-state index in [0.29, 0.717) is 18.5 Å². The zero-order chi connectivity index (χ0) is 23.7. The van der Waals surface area contributed by atoms with Crippen LogP contribution in [0.3, 0.4) is 0 Å². The van der Waals surface area contributed by atoms with Gasteiger partial charge in [-0.15, -0.1) is 0 Å². The predicted molar refractivity (Wildman–Crippen MR) is 122 cm³/mol. The molecule has 4 rings (SSSR count). The van der Waals surface area contributed by atoms with Crippen LogP contribution in [0.15, 0.2) is 24.3 Å². The first-order valence-electron chi connectivity index (χ1n) is 11.2. The Morgan fingerprint density at radius 2 is 1.47 bits per heavy atom. The molecule has 1 aromatic rings. The van der Waals surface area contributed by atoms with Gasteiger partial charge in [0, 0.05) is 32.2 Å². The van der Waals surface area contributed by atoms with Gasteiger partial charge in [-0.3, -0.25) is 19.3 Å². The third-order valence-corrected chi connectivity index (χ3v) is 7.21. The van der Waals surface area contributed by atoms with Gasteiger partial charge in [-0.1, -0.05) is 24.3 Å². The Bertz CT molecular complexity index is 737. The fourth-order valence-corrected chi connectivity index (χ4v) is 5.49. The number of carbonyl (C=O) groups is 3. The highest BCUT2D eigenvalue weighted by molar-refractivity contribution is 5.78. The van der Waals surface area contributed by atoms with E-state index in [1.54, 1.807) is 0 Å². The third-order valence-electron chi connectivity index (χ3n) is 7.21. The zero-order valence-electron chi connectivity index (χ0n) is 19.4. The van der Waals surface area contributed by atoms with Crippen molar-refractivity contribution in [2.45, 2.75) is 50.7 Å². The average molecular weight is 448 g/mol. The quantitative estimate of drug-likeness (QED) is 0.681. The molecule has 2 N–H and O–H groups in total. The van der Waals surface area contributed by atoms with Crippen molar-refractivity contribution in [3.63, 3.8) is 0 Å². The number of amides is 1. The van der Waals surface area contributed by atoms with Crippen molar-refractivity contribution in [3.05, 3.63) is 35.4 Å². The summed E-state index contributed by atoms with van der Waals surface area (Å²) >= 11 is 0. The van der Waals surface area contributed by atoms with Gasteiger partial charge in [0.15, 0.2) is 0 Å². The van der Waals surface area contributed by atoms with Crippen LogP contribution < -0.4 is 0 Å². The molecule has 1 amide bonds. The smallest absolute Gasteiger partial charge is 0.290 e. The van der Waals surface area contributed by atoms with Gasteiger partial charge in [-0.05, 0) is 69.2 Å². The standard InChI is InChI=1S/C22H33N3O.2CH2O2/c1-23(2)20-10-18-12-21(13-19(18)11-20)24(3)22(26)15-25-9-8-16-6-4-5-7-17(16)14-25;2*2-1-3/h4-7,18-21H,8-15H2,1-3H3;2*1H,(H,2,3)/t18-,19+,20?,21?;;. The molecule has 0 bridgehead atoms. The zero-order valence-corrected chi connectivity index (χ0v) is 19.4. The summed E-state index contributed by atoms with van der Waals surface area (Å²) in [7, 11) is 6.45. The Hall–Kier alpha value is -2.45. The van der Waals surface area contributed by atoms with E-state index in [2.05, 4.69) is 53.1 Å². The Kier molecular flexibility index (Phi) is 10.1.